The van der Waals surface area contributed by atoms with Crippen molar-refractivity contribution in [3.8, 4) is 12.3 Å². The highest BCUT2D eigenvalue weighted by atomic mass is 16.6. The summed E-state index contributed by atoms with van der Waals surface area (Å²) in [6, 6.07) is 0. The molecule has 1 aromatic rings. The fraction of sp³-hybridized carbons (Fsp3) is 0.500. The Morgan fingerprint density at radius 3 is 2.85 bits per heavy atom. The lowest BCUT2D eigenvalue weighted by atomic mass is 10.1. The number of aliphatic hydroxyl groups is 2. The highest BCUT2D eigenvalue weighted by Gasteiger charge is 2.45. The molecule has 0 spiro atoms. The first-order valence-corrected chi connectivity index (χ1v) is 5.82. The molecule has 0 bridgehead atoms. The first-order chi connectivity index (χ1) is 9.53. The Morgan fingerprint density at radius 2 is 2.30 bits per heavy atom. The van der Waals surface area contributed by atoms with Gasteiger partial charge in [0, 0.05) is 13.3 Å². The molecule has 108 valence electrons. The third kappa shape index (κ3) is 2.28. The fourth-order valence-corrected chi connectivity index (χ4v) is 2.13. The number of rotatable bonds is 3. The van der Waals surface area contributed by atoms with Gasteiger partial charge < -0.3 is 19.7 Å². The topological polar surface area (TPSA) is 114 Å². The van der Waals surface area contributed by atoms with Gasteiger partial charge in [-0.3, -0.25) is 14.3 Å². The molecule has 0 radical (unpaired) electrons. The smallest absolute Gasteiger partial charge is 0.330 e. The number of terminal acetylenes is 1. The van der Waals surface area contributed by atoms with Gasteiger partial charge in [-0.1, -0.05) is 5.92 Å². The molecule has 0 aliphatic carbocycles. The molecule has 0 amide bonds. The normalized spacial score (nSPS) is 29.3. The Kier molecular flexibility index (Phi) is 4.06. The van der Waals surface area contributed by atoms with Gasteiger partial charge in [0.05, 0.1) is 6.61 Å². The van der Waals surface area contributed by atoms with Crippen LogP contribution in [0.25, 0.3) is 0 Å². The molecule has 4 atom stereocenters. The minimum absolute atomic E-state index is 0.0509. The molecular weight excluding hydrogens is 268 g/mol. The van der Waals surface area contributed by atoms with Gasteiger partial charge in [-0.2, -0.15) is 0 Å². The maximum atomic E-state index is 11.8. The number of aromatic nitrogens is 2. The number of hydrogen-bond acceptors (Lipinski definition) is 6. The van der Waals surface area contributed by atoms with E-state index in [2.05, 4.69) is 10.9 Å². The van der Waals surface area contributed by atoms with Crippen molar-refractivity contribution >= 4 is 0 Å². The lowest BCUT2D eigenvalue weighted by Gasteiger charge is -2.20. The molecular formula is C12H14N2O6. The zero-order valence-corrected chi connectivity index (χ0v) is 10.6. The van der Waals surface area contributed by atoms with Crippen molar-refractivity contribution in [3.05, 3.63) is 32.6 Å². The summed E-state index contributed by atoms with van der Waals surface area (Å²) in [5, 5.41) is 19.0. The van der Waals surface area contributed by atoms with E-state index in [-0.39, 0.29) is 5.56 Å². The molecule has 1 saturated heterocycles. The van der Waals surface area contributed by atoms with E-state index in [1.165, 1.54) is 7.11 Å². The van der Waals surface area contributed by atoms with E-state index < -0.39 is 42.4 Å². The van der Waals surface area contributed by atoms with Crippen LogP contribution in [0, 0.1) is 12.3 Å². The van der Waals surface area contributed by atoms with E-state index in [0.29, 0.717) is 0 Å². The van der Waals surface area contributed by atoms with Crippen LogP contribution < -0.4 is 11.2 Å². The summed E-state index contributed by atoms with van der Waals surface area (Å²) in [6.45, 7) is -0.433. The Balaban J connectivity index is 2.49. The zero-order chi connectivity index (χ0) is 14.9. The third-order valence-corrected chi connectivity index (χ3v) is 3.16. The minimum Gasteiger partial charge on any atom is -0.394 e. The van der Waals surface area contributed by atoms with Crippen LogP contribution in [0.3, 0.4) is 0 Å². The zero-order valence-electron chi connectivity index (χ0n) is 10.6. The van der Waals surface area contributed by atoms with Crippen LogP contribution in [0.1, 0.15) is 11.8 Å². The van der Waals surface area contributed by atoms with E-state index >= 15 is 0 Å². The quantitative estimate of drug-likeness (QED) is 0.541. The van der Waals surface area contributed by atoms with Crippen LogP contribution in [0.15, 0.2) is 15.8 Å². The van der Waals surface area contributed by atoms with Gasteiger partial charge in [0.1, 0.15) is 23.9 Å². The summed E-state index contributed by atoms with van der Waals surface area (Å²) in [6.07, 6.45) is 2.46. The minimum atomic E-state index is -1.11. The van der Waals surface area contributed by atoms with E-state index in [0.717, 1.165) is 10.8 Å². The Labute approximate surface area is 113 Å². The van der Waals surface area contributed by atoms with Gasteiger partial charge in [-0.15, -0.1) is 6.42 Å². The van der Waals surface area contributed by atoms with Gasteiger partial charge >= 0.3 is 5.69 Å². The van der Waals surface area contributed by atoms with E-state index in [1.54, 1.807) is 0 Å². The number of nitrogens with zero attached hydrogens (tertiary/aromatic N) is 1. The van der Waals surface area contributed by atoms with E-state index in [1.807, 2.05) is 0 Å². The van der Waals surface area contributed by atoms with Gasteiger partial charge in [0.2, 0.25) is 0 Å². The molecule has 0 saturated carbocycles. The van der Waals surface area contributed by atoms with Gasteiger partial charge in [0.15, 0.2) is 6.23 Å². The lowest BCUT2D eigenvalue weighted by Crippen LogP contribution is -2.39. The number of aromatic amines is 1. The van der Waals surface area contributed by atoms with Crippen molar-refractivity contribution in [1.82, 2.24) is 9.55 Å². The number of aliphatic hydroxyl groups excluding tert-OH is 2. The number of methoxy groups -OCH3 is 1. The molecule has 8 heteroatoms. The van der Waals surface area contributed by atoms with Crippen LogP contribution >= 0.6 is 0 Å². The van der Waals surface area contributed by atoms with E-state index in [4.69, 9.17) is 21.0 Å². The molecule has 2 rings (SSSR count). The summed E-state index contributed by atoms with van der Waals surface area (Å²) in [5.74, 6) is 2.14. The maximum Gasteiger partial charge on any atom is 0.330 e. The Hall–Kier alpha value is -1.92. The molecule has 0 unspecified atom stereocenters. The first kappa shape index (κ1) is 14.5. The van der Waals surface area contributed by atoms with Crippen LogP contribution in [0.5, 0.6) is 0 Å². The lowest BCUT2D eigenvalue weighted by molar-refractivity contribution is -0.0625. The Morgan fingerprint density at radius 1 is 1.60 bits per heavy atom. The molecule has 0 aromatic carbocycles. The standard InChI is InChI=1S/C12H14N2O6/c1-3-6-4-14(12(18)13-10(6)17)11-9(19-2)8(16)7(5-15)20-11/h1,4,7-9,11,15-16H,5H2,2H3,(H,13,17,18)/t7-,8-,9-,11-/m1/s1. The highest BCUT2D eigenvalue weighted by molar-refractivity contribution is 5.26. The number of ether oxygens (including phenoxy) is 2. The van der Waals surface area contributed by atoms with Gasteiger partial charge in [-0.05, 0) is 0 Å². The summed E-state index contributed by atoms with van der Waals surface area (Å²) in [7, 11) is 1.34. The van der Waals surface area contributed by atoms with Crippen LogP contribution in [0.2, 0.25) is 0 Å². The molecule has 20 heavy (non-hydrogen) atoms. The molecule has 3 N–H and O–H groups in total. The van der Waals surface area contributed by atoms with Gasteiger partial charge in [-0.25, -0.2) is 4.79 Å². The second-order valence-electron chi connectivity index (χ2n) is 4.29. The van der Waals surface area contributed by atoms with Crippen molar-refractivity contribution in [3.63, 3.8) is 0 Å². The predicted octanol–water partition coefficient (Wildman–Crippen LogP) is -2.22. The second kappa shape index (κ2) is 5.60. The Bertz CT molecular complexity index is 643. The molecule has 1 aliphatic rings. The maximum absolute atomic E-state index is 11.8. The van der Waals surface area contributed by atoms with Crippen LogP contribution in [0.4, 0.5) is 0 Å². The van der Waals surface area contributed by atoms with Crippen molar-refractivity contribution in [2.45, 2.75) is 24.5 Å². The monoisotopic (exact) mass is 282 g/mol. The second-order valence-corrected chi connectivity index (χ2v) is 4.29. The summed E-state index contributed by atoms with van der Waals surface area (Å²) in [4.78, 5) is 25.3. The SMILES string of the molecule is C#Cc1cn([C@@H]2O[C@H](CO)[C@@H](O)[C@H]2OC)c(=O)[nH]c1=O. The third-order valence-electron chi connectivity index (χ3n) is 3.16. The molecule has 1 fully saturated rings. The van der Waals surface area contributed by atoms with Crippen LogP contribution in [-0.2, 0) is 9.47 Å². The number of H-pyrrole nitrogens is 1. The highest BCUT2D eigenvalue weighted by Crippen LogP contribution is 2.30. The molecule has 1 aliphatic heterocycles. The van der Waals surface area contributed by atoms with Gasteiger partial charge in [0.25, 0.3) is 5.56 Å². The van der Waals surface area contributed by atoms with Crippen molar-refractivity contribution in [1.29, 1.82) is 0 Å². The van der Waals surface area contributed by atoms with Crippen LogP contribution in [-0.4, -0.2) is 51.8 Å². The average molecular weight is 282 g/mol. The first-order valence-electron chi connectivity index (χ1n) is 5.82. The molecule has 2 heterocycles. The molecule has 1 aromatic heterocycles. The summed E-state index contributed by atoms with van der Waals surface area (Å²) in [5.41, 5.74) is -1.48. The van der Waals surface area contributed by atoms with Crippen molar-refractivity contribution in [2.75, 3.05) is 13.7 Å². The largest absolute Gasteiger partial charge is 0.394 e. The van der Waals surface area contributed by atoms with Crippen molar-refractivity contribution in [2.24, 2.45) is 0 Å². The number of hydrogen-bond donors (Lipinski definition) is 3. The molecule has 8 nitrogen and oxygen atoms in total. The fourth-order valence-electron chi connectivity index (χ4n) is 2.13. The number of nitrogens with one attached hydrogen (secondary N) is 1. The van der Waals surface area contributed by atoms with E-state index in [9.17, 15) is 14.7 Å². The van der Waals surface area contributed by atoms with Crippen molar-refractivity contribution < 1.29 is 19.7 Å². The predicted molar refractivity (Wildman–Crippen MR) is 67.1 cm³/mol. The average Bonchev–Trinajstić information content (AvgIpc) is 2.75. The summed E-state index contributed by atoms with van der Waals surface area (Å²) >= 11 is 0. The summed E-state index contributed by atoms with van der Waals surface area (Å²) < 4.78 is 11.5.